The van der Waals surface area contributed by atoms with Gasteiger partial charge in [0.2, 0.25) is 21.9 Å². The van der Waals surface area contributed by atoms with Crippen LogP contribution in [0.4, 0.5) is 30.6 Å². The van der Waals surface area contributed by atoms with Gasteiger partial charge < -0.3 is 10.0 Å². The highest BCUT2D eigenvalue weighted by Crippen LogP contribution is 2.41. The molecule has 1 heterocycles. The molecule has 4 rings (SSSR count). The quantitative estimate of drug-likeness (QED) is 0.565. The smallest absolute Gasteiger partial charge is 0.411 e. The van der Waals surface area contributed by atoms with Crippen molar-refractivity contribution in [3.05, 3.63) is 42.5 Å². The van der Waals surface area contributed by atoms with E-state index in [0.717, 1.165) is 11.8 Å². The molecule has 1 aliphatic heterocycles. The fraction of sp³-hybridized carbons (Fsp3) is 0.440. The molecule has 2 amide bonds. The van der Waals surface area contributed by atoms with Crippen LogP contribution >= 0.6 is 0 Å². The first-order valence-electron chi connectivity index (χ1n) is 11.8. The average Bonchev–Trinajstić information content (AvgIpc) is 2.79. The molecule has 8 nitrogen and oxygen atoms in total. The van der Waals surface area contributed by atoms with E-state index in [2.05, 4.69) is 4.72 Å². The zero-order chi connectivity index (χ0) is 26.3. The maximum Gasteiger partial charge on any atom is 0.411 e. The molecule has 0 spiro atoms. The summed E-state index contributed by atoms with van der Waals surface area (Å²) in [7, 11) is -3.42. The zero-order valence-corrected chi connectivity index (χ0v) is 20.9. The van der Waals surface area contributed by atoms with Gasteiger partial charge in [-0.05, 0) is 61.1 Å². The lowest BCUT2D eigenvalue weighted by Crippen LogP contribution is -2.52. The fourth-order valence-electron chi connectivity index (χ4n) is 4.96. The monoisotopic (exact) mass is 521 g/mol. The van der Waals surface area contributed by atoms with E-state index in [1.165, 1.54) is 4.90 Å². The van der Waals surface area contributed by atoms with Gasteiger partial charge in [-0.2, -0.15) is 0 Å². The Morgan fingerprint density at radius 3 is 2.25 bits per heavy atom. The van der Waals surface area contributed by atoms with Crippen LogP contribution in [0.2, 0.25) is 0 Å². The Kier molecular flexibility index (Phi) is 6.96. The number of halogens is 2. The maximum atomic E-state index is 13.5. The molecule has 1 aliphatic carbocycles. The van der Waals surface area contributed by atoms with Crippen molar-refractivity contribution in [2.75, 3.05) is 27.3 Å². The molecule has 0 saturated heterocycles. The predicted molar refractivity (Wildman–Crippen MR) is 134 cm³/mol. The highest BCUT2D eigenvalue weighted by molar-refractivity contribution is 7.92. The van der Waals surface area contributed by atoms with Crippen LogP contribution in [-0.2, 0) is 14.8 Å². The Labute approximate surface area is 208 Å². The number of fused-ring (bicyclic) bond motifs is 1. The standard InChI is InChI=1S/C25H29F2N3O5S/c1-16-15-29(24(32)33)22-14-19(18-3-6-20(7-4-18)28-36(2,34)35)5-8-21(22)30(16)23(31)13-17-9-11-25(26,27)12-10-17/h3-8,14,16-17,28H,9-13,15H2,1-2H3,(H,32,33)/t16-/m0/s1. The molecule has 1 fully saturated rings. The Bertz CT molecular complexity index is 1260. The van der Waals surface area contributed by atoms with E-state index in [9.17, 15) is 31.9 Å². The third kappa shape index (κ3) is 5.77. The number of hydrogen-bond donors (Lipinski definition) is 2. The molecule has 0 radical (unpaired) electrons. The molecule has 2 aromatic carbocycles. The summed E-state index contributed by atoms with van der Waals surface area (Å²) < 4.78 is 52.3. The summed E-state index contributed by atoms with van der Waals surface area (Å²) in [6.07, 6.45) is 0.203. The lowest BCUT2D eigenvalue weighted by molar-refractivity contribution is -0.121. The third-order valence-corrected chi connectivity index (χ3v) is 7.34. The summed E-state index contributed by atoms with van der Waals surface area (Å²) in [6.45, 7) is 1.85. The first-order valence-corrected chi connectivity index (χ1v) is 13.6. The first-order chi connectivity index (χ1) is 16.8. The molecular formula is C25H29F2N3O5S. The molecule has 11 heteroatoms. The van der Waals surface area contributed by atoms with Crippen LogP contribution in [-0.4, -0.2) is 50.3 Å². The largest absolute Gasteiger partial charge is 0.465 e. The van der Waals surface area contributed by atoms with Crippen LogP contribution in [0.5, 0.6) is 0 Å². The van der Waals surface area contributed by atoms with E-state index in [-0.39, 0.29) is 50.5 Å². The van der Waals surface area contributed by atoms with Gasteiger partial charge in [0.1, 0.15) is 0 Å². The topological polar surface area (TPSA) is 107 Å². The molecule has 194 valence electrons. The second-order valence-corrected chi connectivity index (χ2v) is 11.4. The number of carboxylic acid groups (broad SMARTS) is 1. The van der Waals surface area contributed by atoms with Gasteiger partial charge in [-0.15, -0.1) is 0 Å². The Morgan fingerprint density at radius 1 is 1.06 bits per heavy atom. The number of rotatable bonds is 5. The Morgan fingerprint density at radius 2 is 1.67 bits per heavy atom. The number of nitrogens with zero attached hydrogens (tertiary/aromatic N) is 2. The van der Waals surface area contributed by atoms with Crippen molar-refractivity contribution in [2.45, 2.75) is 51.0 Å². The molecule has 0 aromatic heterocycles. The second kappa shape index (κ2) is 9.68. The summed E-state index contributed by atoms with van der Waals surface area (Å²) in [5.41, 5.74) is 2.66. The number of carbonyl (C=O) groups excluding carboxylic acids is 1. The van der Waals surface area contributed by atoms with Gasteiger partial charge in [0.15, 0.2) is 0 Å². The van der Waals surface area contributed by atoms with Crippen molar-refractivity contribution in [3.8, 4) is 11.1 Å². The molecule has 1 saturated carbocycles. The molecule has 1 atom stereocenters. The first kappa shape index (κ1) is 25.9. The summed E-state index contributed by atoms with van der Waals surface area (Å²) >= 11 is 0. The van der Waals surface area contributed by atoms with Crippen molar-refractivity contribution in [1.82, 2.24) is 0 Å². The van der Waals surface area contributed by atoms with Gasteiger partial charge in [0.25, 0.3) is 0 Å². The third-order valence-electron chi connectivity index (χ3n) is 6.73. The highest BCUT2D eigenvalue weighted by Gasteiger charge is 2.39. The van der Waals surface area contributed by atoms with Crippen LogP contribution in [0.3, 0.4) is 0 Å². The molecule has 36 heavy (non-hydrogen) atoms. The summed E-state index contributed by atoms with van der Waals surface area (Å²) in [4.78, 5) is 28.1. The van der Waals surface area contributed by atoms with Crippen LogP contribution in [0.25, 0.3) is 11.1 Å². The van der Waals surface area contributed by atoms with E-state index < -0.39 is 28.1 Å². The van der Waals surface area contributed by atoms with Crippen LogP contribution in [0.15, 0.2) is 42.5 Å². The average molecular weight is 522 g/mol. The minimum absolute atomic E-state index is 0.0808. The lowest BCUT2D eigenvalue weighted by Gasteiger charge is -2.41. The SMILES string of the molecule is C[C@H]1CN(C(=O)O)c2cc(-c3ccc(NS(C)(=O)=O)cc3)ccc2N1C(=O)CC1CCC(F)(F)CC1. The van der Waals surface area contributed by atoms with Crippen molar-refractivity contribution < 1.29 is 31.9 Å². The van der Waals surface area contributed by atoms with Gasteiger partial charge in [-0.25, -0.2) is 22.0 Å². The minimum atomic E-state index is -3.42. The summed E-state index contributed by atoms with van der Waals surface area (Å²) in [6, 6.07) is 11.4. The molecule has 2 aromatic rings. The number of benzene rings is 2. The van der Waals surface area contributed by atoms with E-state index in [1.807, 2.05) is 0 Å². The summed E-state index contributed by atoms with van der Waals surface area (Å²) in [5, 5.41) is 9.83. The van der Waals surface area contributed by atoms with Crippen molar-refractivity contribution in [3.63, 3.8) is 0 Å². The zero-order valence-electron chi connectivity index (χ0n) is 20.1. The van der Waals surface area contributed by atoms with Crippen molar-refractivity contribution >= 4 is 39.1 Å². The van der Waals surface area contributed by atoms with Crippen LogP contribution in [0.1, 0.15) is 39.0 Å². The molecular weight excluding hydrogens is 492 g/mol. The Hall–Kier alpha value is -3.21. The number of nitrogens with one attached hydrogen (secondary N) is 1. The minimum Gasteiger partial charge on any atom is -0.465 e. The number of hydrogen-bond acceptors (Lipinski definition) is 4. The Balaban J connectivity index is 1.61. The number of sulfonamides is 1. The maximum absolute atomic E-state index is 13.5. The van der Waals surface area contributed by atoms with E-state index in [4.69, 9.17) is 0 Å². The number of amides is 2. The molecule has 2 N–H and O–H groups in total. The lowest BCUT2D eigenvalue weighted by atomic mass is 9.84. The highest BCUT2D eigenvalue weighted by atomic mass is 32.2. The predicted octanol–water partition coefficient (Wildman–Crippen LogP) is 5.16. The van der Waals surface area contributed by atoms with E-state index in [1.54, 1.807) is 54.3 Å². The number of alkyl halides is 2. The van der Waals surface area contributed by atoms with Crippen molar-refractivity contribution in [2.24, 2.45) is 5.92 Å². The van der Waals surface area contributed by atoms with Gasteiger partial charge in [0.05, 0.1) is 23.7 Å². The van der Waals surface area contributed by atoms with Crippen LogP contribution < -0.4 is 14.5 Å². The summed E-state index contributed by atoms with van der Waals surface area (Å²) in [5.74, 6) is -2.99. The normalized spacial score (nSPS) is 20.1. The second-order valence-electron chi connectivity index (χ2n) is 9.66. The molecule has 2 aliphatic rings. The van der Waals surface area contributed by atoms with Gasteiger partial charge in [-0.1, -0.05) is 18.2 Å². The van der Waals surface area contributed by atoms with Crippen LogP contribution in [0, 0.1) is 5.92 Å². The fourth-order valence-corrected chi connectivity index (χ4v) is 5.52. The van der Waals surface area contributed by atoms with Crippen molar-refractivity contribution in [1.29, 1.82) is 0 Å². The molecule has 0 unspecified atom stereocenters. The van der Waals surface area contributed by atoms with Gasteiger partial charge in [-0.3, -0.25) is 14.4 Å². The van der Waals surface area contributed by atoms with Gasteiger partial charge >= 0.3 is 6.09 Å². The van der Waals surface area contributed by atoms with E-state index in [0.29, 0.717) is 22.6 Å². The number of anilines is 3. The van der Waals surface area contributed by atoms with Gasteiger partial charge in [0, 0.05) is 31.5 Å². The van der Waals surface area contributed by atoms with E-state index >= 15 is 0 Å². The molecule has 0 bridgehead atoms. The number of carbonyl (C=O) groups is 2.